The lowest BCUT2D eigenvalue weighted by molar-refractivity contribution is -0.128. The average molecular weight is 531 g/mol. The van der Waals surface area contributed by atoms with E-state index in [4.69, 9.17) is 4.74 Å². The molecule has 2 aromatic rings. The number of ether oxygens (including phenoxy) is 1. The van der Waals surface area contributed by atoms with Crippen LogP contribution >= 0.6 is 12.4 Å². The second kappa shape index (κ2) is 14.2. The molecular weight excluding hydrogens is 480 g/mol. The van der Waals surface area contributed by atoms with Gasteiger partial charge in [0.15, 0.2) is 0 Å². The first-order valence-electron chi connectivity index (χ1n) is 13.4. The topological polar surface area (TPSA) is 41.6 Å². The SMILES string of the molecule is CC(C)(C)CCN(CCC(C)(C)C)C(Cc1ccc(OCc2ccccc2)cc1)C(=O)NC(C)(C)C.Cl. The van der Waals surface area contributed by atoms with E-state index < -0.39 is 0 Å². The molecule has 37 heavy (non-hydrogen) atoms. The molecule has 0 saturated carbocycles. The number of nitrogens with one attached hydrogen (secondary N) is 1. The van der Waals surface area contributed by atoms with E-state index in [1.165, 1.54) is 0 Å². The van der Waals surface area contributed by atoms with Crippen molar-refractivity contribution in [3.05, 3.63) is 65.7 Å². The first-order valence-corrected chi connectivity index (χ1v) is 13.4. The Labute approximate surface area is 233 Å². The highest BCUT2D eigenvalue weighted by Gasteiger charge is 2.30. The summed E-state index contributed by atoms with van der Waals surface area (Å²) in [7, 11) is 0. The fourth-order valence-corrected chi connectivity index (χ4v) is 3.91. The molecule has 0 radical (unpaired) electrons. The minimum Gasteiger partial charge on any atom is -0.489 e. The van der Waals surface area contributed by atoms with Gasteiger partial charge in [-0.3, -0.25) is 9.69 Å². The average Bonchev–Trinajstić information content (AvgIpc) is 2.75. The number of nitrogens with zero attached hydrogens (tertiary/aromatic N) is 1. The number of hydrogen-bond acceptors (Lipinski definition) is 3. The molecule has 0 heterocycles. The largest absolute Gasteiger partial charge is 0.489 e. The molecule has 4 nitrogen and oxygen atoms in total. The smallest absolute Gasteiger partial charge is 0.238 e. The molecule has 0 aliphatic heterocycles. The van der Waals surface area contributed by atoms with Gasteiger partial charge in [-0.1, -0.05) is 84.0 Å². The van der Waals surface area contributed by atoms with Crippen molar-refractivity contribution in [3.63, 3.8) is 0 Å². The highest BCUT2D eigenvalue weighted by Crippen LogP contribution is 2.25. The summed E-state index contributed by atoms with van der Waals surface area (Å²) in [6.07, 6.45) is 2.76. The molecule has 0 aliphatic rings. The lowest BCUT2D eigenvalue weighted by Crippen LogP contribution is -2.54. The van der Waals surface area contributed by atoms with Gasteiger partial charge in [0.1, 0.15) is 12.4 Å². The zero-order valence-corrected chi connectivity index (χ0v) is 25.5. The molecule has 5 heteroatoms. The number of hydrogen-bond donors (Lipinski definition) is 1. The third kappa shape index (κ3) is 13.9. The molecule has 2 aromatic carbocycles. The van der Waals surface area contributed by atoms with Crippen LogP contribution in [0.25, 0.3) is 0 Å². The molecular formula is C32H51ClN2O2. The van der Waals surface area contributed by atoms with Crippen LogP contribution in [0.2, 0.25) is 0 Å². The van der Waals surface area contributed by atoms with Crippen LogP contribution in [-0.2, 0) is 17.8 Å². The third-order valence-corrected chi connectivity index (χ3v) is 6.14. The Morgan fingerprint density at radius 3 is 1.76 bits per heavy atom. The lowest BCUT2D eigenvalue weighted by Gasteiger charge is -2.36. The van der Waals surface area contributed by atoms with Crippen molar-refractivity contribution < 1.29 is 9.53 Å². The number of carbonyl (C=O) groups is 1. The van der Waals surface area contributed by atoms with Crippen LogP contribution in [0, 0.1) is 10.8 Å². The molecule has 1 N–H and O–H groups in total. The van der Waals surface area contributed by atoms with E-state index in [0.29, 0.717) is 13.0 Å². The van der Waals surface area contributed by atoms with Crippen molar-refractivity contribution in [3.8, 4) is 5.75 Å². The highest BCUT2D eigenvalue weighted by molar-refractivity contribution is 5.85. The van der Waals surface area contributed by atoms with Gasteiger partial charge in [0.2, 0.25) is 5.91 Å². The second-order valence-corrected chi connectivity index (χ2v) is 13.5. The summed E-state index contributed by atoms with van der Waals surface area (Å²) in [5.41, 5.74) is 2.44. The Kier molecular flexibility index (Phi) is 12.7. The summed E-state index contributed by atoms with van der Waals surface area (Å²) >= 11 is 0. The van der Waals surface area contributed by atoms with Crippen LogP contribution < -0.4 is 10.1 Å². The Bertz CT molecular complexity index is 904. The van der Waals surface area contributed by atoms with Gasteiger partial charge in [-0.05, 0) is 87.2 Å². The van der Waals surface area contributed by atoms with Crippen LogP contribution in [-0.4, -0.2) is 35.5 Å². The fraction of sp³-hybridized carbons (Fsp3) is 0.594. The number of halogens is 1. The van der Waals surface area contributed by atoms with Crippen molar-refractivity contribution in [1.82, 2.24) is 10.2 Å². The van der Waals surface area contributed by atoms with Gasteiger partial charge in [0.25, 0.3) is 0 Å². The van der Waals surface area contributed by atoms with E-state index in [9.17, 15) is 4.79 Å². The van der Waals surface area contributed by atoms with Crippen LogP contribution in [0.1, 0.15) is 86.3 Å². The maximum absolute atomic E-state index is 13.6. The van der Waals surface area contributed by atoms with Crippen LogP contribution in [0.5, 0.6) is 5.75 Å². The van der Waals surface area contributed by atoms with E-state index in [0.717, 1.165) is 42.8 Å². The molecule has 0 spiro atoms. The monoisotopic (exact) mass is 530 g/mol. The Hall–Kier alpha value is -2.04. The Morgan fingerprint density at radius 1 is 0.784 bits per heavy atom. The number of benzene rings is 2. The Morgan fingerprint density at radius 2 is 1.30 bits per heavy atom. The van der Waals surface area contributed by atoms with E-state index in [2.05, 4.69) is 96.8 Å². The van der Waals surface area contributed by atoms with Gasteiger partial charge in [0, 0.05) is 5.54 Å². The standard InChI is InChI=1S/C32H50N2O2.ClH/c1-30(2,3)19-21-34(22-20-31(4,5)6)28(29(35)33-32(7,8)9)23-25-15-17-27(18-16-25)36-24-26-13-11-10-12-14-26;/h10-18,28H,19-24H2,1-9H3,(H,33,35);1H. The minimum absolute atomic E-state index is 0. The van der Waals surface area contributed by atoms with Crippen LogP contribution in [0.15, 0.2) is 54.6 Å². The first kappa shape index (κ1) is 33.0. The number of rotatable bonds is 11. The third-order valence-electron chi connectivity index (χ3n) is 6.14. The summed E-state index contributed by atoms with van der Waals surface area (Å²) in [5, 5.41) is 3.26. The first-order chi connectivity index (χ1) is 16.6. The highest BCUT2D eigenvalue weighted by atomic mass is 35.5. The van der Waals surface area contributed by atoms with Crippen molar-refractivity contribution in [2.45, 2.75) is 99.8 Å². The molecule has 0 aliphatic carbocycles. The Balaban J connectivity index is 0.00000684. The number of carbonyl (C=O) groups excluding carboxylic acids is 1. The quantitative estimate of drug-likeness (QED) is 0.324. The fourth-order valence-electron chi connectivity index (χ4n) is 3.91. The summed E-state index contributed by atoms with van der Waals surface area (Å²) in [5.74, 6) is 0.949. The second-order valence-electron chi connectivity index (χ2n) is 13.5. The molecule has 1 unspecified atom stereocenters. The van der Waals surface area contributed by atoms with Gasteiger partial charge < -0.3 is 10.1 Å². The van der Waals surface area contributed by atoms with Crippen molar-refractivity contribution in [1.29, 1.82) is 0 Å². The zero-order valence-electron chi connectivity index (χ0n) is 24.7. The van der Waals surface area contributed by atoms with Crippen LogP contribution in [0.3, 0.4) is 0 Å². The molecule has 0 aromatic heterocycles. The van der Waals surface area contributed by atoms with Crippen molar-refractivity contribution in [2.24, 2.45) is 10.8 Å². The summed E-state index contributed by atoms with van der Waals surface area (Å²) in [6, 6.07) is 18.2. The van der Waals surface area contributed by atoms with E-state index in [1.807, 2.05) is 30.3 Å². The van der Waals surface area contributed by atoms with E-state index in [1.54, 1.807) is 0 Å². The molecule has 2 rings (SSSR count). The van der Waals surface area contributed by atoms with Crippen LogP contribution in [0.4, 0.5) is 0 Å². The van der Waals surface area contributed by atoms with Crippen molar-refractivity contribution in [2.75, 3.05) is 13.1 Å². The van der Waals surface area contributed by atoms with Gasteiger partial charge in [-0.15, -0.1) is 12.4 Å². The molecule has 0 bridgehead atoms. The van der Waals surface area contributed by atoms with Gasteiger partial charge in [-0.25, -0.2) is 0 Å². The molecule has 1 atom stereocenters. The molecule has 208 valence electrons. The molecule has 1 amide bonds. The zero-order chi connectivity index (χ0) is 27.0. The predicted molar refractivity (Wildman–Crippen MR) is 160 cm³/mol. The van der Waals surface area contributed by atoms with Crippen molar-refractivity contribution >= 4 is 18.3 Å². The maximum atomic E-state index is 13.6. The summed E-state index contributed by atoms with van der Waals surface area (Å²) in [4.78, 5) is 16.0. The van der Waals surface area contributed by atoms with E-state index in [-0.39, 0.29) is 40.7 Å². The predicted octanol–water partition coefficient (Wildman–Crippen LogP) is 7.69. The summed E-state index contributed by atoms with van der Waals surface area (Å²) in [6.45, 7) is 22.1. The van der Waals surface area contributed by atoms with E-state index >= 15 is 0 Å². The summed E-state index contributed by atoms with van der Waals surface area (Å²) < 4.78 is 5.98. The van der Waals surface area contributed by atoms with Gasteiger partial charge >= 0.3 is 0 Å². The maximum Gasteiger partial charge on any atom is 0.238 e. The van der Waals surface area contributed by atoms with Gasteiger partial charge in [-0.2, -0.15) is 0 Å². The lowest BCUT2D eigenvalue weighted by atomic mass is 9.89. The minimum atomic E-state index is -0.274. The number of amides is 1. The van der Waals surface area contributed by atoms with Gasteiger partial charge in [0.05, 0.1) is 6.04 Å². The molecule has 0 fully saturated rings. The normalized spacial score (nSPS) is 13.1. The molecule has 0 saturated heterocycles.